The van der Waals surface area contributed by atoms with Crippen LogP contribution in [0.5, 0.6) is 0 Å². The third-order valence-corrected chi connectivity index (χ3v) is 4.41. The fourth-order valence-electron chi connectivity index (χ4n) is 3.10. The van der Waals surface area contributed by atoms with Gasteiger partial charge < -0.3 is 10.1 Å². The third-order valence-electron chi connectivity index (χ3n) is 4.41. The average molecular weight is 382 g/mol. The standard InChI is InChI=1S/C21H26N4O3/c1-21(2,3)13-25-17-10-9-16(23-18(17)24(5)20(25)27)15-8-6-7-14(11-15)12-28-19(26)22-4/h6-11H,12-13H2,1-5H3,(H,22,26). The Morgan fingerprint density at radius 1 is 1.21 bits per heavy atom. The molecule has 28 heavy (non-hydrogen) atoms. The van der Waals surface area contributed by atoms with Gasteiger partial charge in [-0.1, -0.05) is 39.0 Å². The van der Waals surface area contributed by atoms with Gasteiger partial charge in [-0.25, -0.2) is 14.6 Å². The topological polar surface area (TPSA) is 78.2 Å². The molecule has 0 aliphatic carbocycles. The maximum atomic E-state index is 12.7. The normalized spacial score (nSPS) is 11.6. The summed E-state index contributed by atoms with van der Waals surface area (Å²) in [4.78, 5) is 28.7. The Hall–Kier alpha value is -3.09. The second kappa shape index (κ2) is 7.50. The number of pyridine rings is 1. The van der Waals surface area contributed by atoms with Crippen molar-refractivity contribution in [2.24, 2.45) is 12.5 Å². The van der Waals surface area contributed by atoms with Crippen LogP contribution in [0.4, 0.5) is 4.79 Å². The van der Waals surface area contributed by atoms with Gasteiger partial charge in [0.15, 0.2) is 5.65 Å². The van der Waals surface area contributed by atoms with Crippen molar-refractivity contribution >= 4 is 17.3 Å². The largest absolute Gasteiger partial charge is 0.445 e. The highest BCUT2D eigenvalue weighted by Gasteiger charge is 2.18. The Morgan fingerprint density at radius 2 is 1.96 bits per heavy atom. The van der Waals surface area contributed by atoms with E-state index in [9.17, 15) is 9.59 Å². The van der Waals surface area contributed by atoms with E-state index in [-0.39, 0.29) is 17.7 Å². The molecule has 1 N–H and O–H groups in total. The van der Waals surface area contributed by atoms with Crippen LogP contribution in [0.3, 0.4) is 0 Å². The fourth-order valence-corrected chi connectivity index (χ4v) is 3.10. The molecule has 0 aliphatic heterocycles. The summed E-state index contributed by atoms with van der Waals surface area (Å²) in [6.07, 6.45) is -0.472. The number of hydrogen-bond donors (Lipinski definition) is 1. The quantitative estimate of drug-likeness (QED) is 0.751. The Balaban J connectivity index is 1.98. The molecule has 0 spiro atoms. The molecule has 0 bridgehead atoms. The summed E-state index contributed by atoms with van der Waals surface area (Å²) in [6, 6.07) is 11.5. The summed E-state index contributed by atoms with van der Waals surface area (Å²) in [5.74, 6) is 0. The number of ether oxygens (including phenoxy) is 1. The minimum absolute atomic E-state index is 0.0180. The van der Waals surface area contributed by atoms with Crippen molar-refractivity contribution in [3.05, 3.63) is 52.4 Å². The zero-order valence-electron chi connectivity index (χ0n) is 16.9. The number of nitrogens with zero attached hydrogens (tertiary/aromatic N) is 3. The first-order valence-electron chi connectivity index (χ1n) is 9.20. The van der Waals surface area contributed by atoms with E-state index in [2.05, 4.69) is 26.1 Å². The first kappa shape index (κ1) is 19.7. The van der Waals surface area contributed by atoms with Gasteiger partial charge in [-0.05, 0) is 29.2 Å². The van der Waals surface area contributed by atoms with Crippen LogP contribution in [-0.4, -0.2) is 27.3 Å². The number of rotatable bonds is 4. The molecule has 0 unspecified atom stereocenters. The lowest BCUT2D eigenvalue weighted by atomic mass is 9.97. The molecule has 1 amide bonds. The molecule has 3 aromatic rings. The second-order valence-corrected chi connectivity index (χ2v) is 8.05. The molecule has 0 saturated carbocycles. The van der Waals surface area contributed by atoms with Crippen molar-refractivity contribution in [1.82, 2.24) is 19.4 Å². The Labute approximate surface area is 164 Å². The molecule has 0 aliphatic rings. The number of benzene rings is 1. The highest BCUT2D eigenvalue weighted by Crippen LogP contribution is 2.24. The molecule has 3 rings (SSSR count). The highest BCUT2D eigenvalue weighted by molar-refractivity contribution is 5.76. The number of aryl methyl sites for hydroxylation is 1. The SMILES string of the molecule is CNC(=O)OCc1cccc(-c2ccc3c(n2)n(C)c(=O)n3CC(C)(C)C)c1. The summed E-state index contributed by atoms with van der Waals surface area (Å²) in [5.41, 5.74) is 3.91. The Bertz CT molecular complexity index is 1070. The number of carbonyl (C=O) groups is 1. The minimum Gasteiger partial charge on any atom is -0.445 e. The van der Waals surface area contributed by atoms with E-state index in [1.165, 1.54) is 7.05 Å². The van der Waals surface area contributed by atoms with Crippen molar-refractivity contribution in [3.63, 3.8) is 0 Å². The Morgan fingerprint density at radius 3 is 2.64 bits per heavy atom. The van der Waals surface area contributed by atoms with Crippen molar-refractivity contribution in [3.8, 4) is 11.3 Å². The van der Waals surface area contributed by atoms with E-state index in [0.29, 0.717) is 12.2 Å². The van der Waals surface area contributed by atoms with Crippen LogP contribution in [0.25, 0.3) is 22.4 Å². The molecule has 0 saturated heterocycles. The number of hydrogen-bond acceptors (Lipinski definition) is 4. The summed E-state index contributed by atoms with van der Waals surface area (Å²) >= 11 is 0. The number of amides is 1. The Kier molecular flexibility index (Phi) is 5.27. The van der Waals surface area contributed by atoms with Gasteiger partial charge in [-0.2, -0.15) is 0 Å². The van der Waals surface area contributed by atoms with Gasteiger partial charge in [0.1, 0.15) is 6.61 Å². The number of alkyl carbamates (subject to hydrolysis) is 1. The lowest BCUT2D eigenvalue weighted by Gasteiger charge is -2.18. The zero-order chi connectivity index (χ0) is 20.5. The van der Waals surface area contributed by atoms with E-state index < -0.39 is 6.09 Å². The summed E-state index contributed by atoms with van der Waals surface area (Å²) < 4.78 is 8.47. The predicted molar refractivity (Wildman–Crippen MR) is 109 cm³/mol. The molecule has 7 heteroatoms. The van der Waals surface area contributed by atoms with Crippen molar-refractivity contribution in [2.75, 3.05) is 7.05 Å². The second-order valence-electron chi connectivity index (χ2n) is 8.05. The first-order chi connectivity index (χ1) is 13.2. The summed E-state index contributed by atoms with van der Waals surface area (Å²) in [6.45, 7) is 7.11. The molecule has 1 aromatic carbocycles. The van der Waals surface area contributed by atoms with Crippen molar-refractivity contribution in [2.45, 2.75) is 33.9 Å². The van der Waals surface area contributed by atoms with Gasteiger partial charge in [-0.3, -0.25) is 9.13 Å². The summed E-state index contributed by atoms with van der Waals surface area (Å²) in [7, 11) is 3.27. The molecule has 0 atom stereocenters. The molecule has 148 valence electrons. The van der Waals surface area contributed by atoms with Crippen LogP contribution >= 0.6 is 0 Å². The van der Waals surface area contributed by atoms with Gasteiger partial charge in [0.25, 0.3) is 0 Å². The number of nitrogens with one attached hydrogen (secondary N) is 1. The van der Waals surface area contributed by atoms with Crippen LogP contribution in [0.2, 0.25) is 0 Å². The molecular weight excluding hydrogens is 356 g/mol. The van der Waals surface area contributed by atoms with Crippen LogP contribution in [0.15, 0.2) is 41.2 Å². The molecule has 2 aromatic heterocycles. The predicted octanol–water partition coefficient (Wildman–Crippen LogP) is 3.30. The first-order valence-corrected chi connectivity index (χ1v) is 9.20. The number of fused-ring (bicyclic) bond motifs is 1. The van der Waals surface area contributed by atoms with Gasteiger partial charge in [0.2, 0.25) is 0 Å². The van der Waals surface area contributed by atoms with Gasteiger partial charge in [0, 0.05) is 26.2 Å². The van der Waals surface area contributed by atoms with Crippen LogP contribution in [0, 0.1) is 5.41 Å². The molecule has 7 nitrogen and oxygen atoms in total. The van der Waals surface area contributed by atoms with Gasteiger partial charge >= 0.3 is 11.8 Å². The van der Waals surface area contributed by atoms with E-state index >= 15 is 0 Å². The zero-order valence-corrected chi connectivity index (χ0v) is 16.9. The molecule has 0 fully saturated rings. The van der Waals surface area contributed by atoms with Crippen LogP contribution < -0.4 is 11.0 Å². The number of aromatic nitrogens is 3. The average Bonchev–Trinajstić information content (AvgIpc) is 2.89. The van der Waals surface area contributed by atoms with Crippen molar-refractivity contribution in [1.29, 1.82) is 0 Å². The fraction of sp³-hybridized carbons (Fsp3) is 0.381. The smallest absolute Gasteiger partial charge is 0.407 e. The summed E-state index contributed by atoms with van der Waals surface area (Å²) in [5, 5.41) is 2.42. The highest BCUT2D eigenvalue weighted by atomic mass is 16.5. The maximum Gasteiger partial charge on any atom is 0.407 e. The van der Waals surface area contributed by atoms with E-state index in [1.54, 1.807) is 16.2 Å². The van der Waals surface area contributed by atoms with Crippen LogP contribution in [-0.2, 0) is 24.9 Å². The molecule has 2 heterocycles. The van der Waals surface area contributed by atoms with E-state index in [4.69, 9.17) is 9.72 Å². The lowest BCUT2D eigenvalue weighted by Crippen LogP contribution is -2.27. The van der Waals surface area contributed by atoms with E-state index in [0.717, 1.165) is 22.3 Å². The monoisotopic (exact) mass is 382 g/mol. The third kappa shape index (κ3) is 4.08. The molecular formula is C21H26N4O3. The van der Waals surface area contributed by atoms with Crippen molar-refractivity contribution < 1.29 is 9.53 Å². The number of imidazole rings is 1. The lowest BCUT2D eigenvalue weighted by molar-refractivity contribution is 0.142. The maximum absolute atomic E-state index is 12.7. The van der Waals surface area contributed by atoms with Gasteiger partial charge in [-0.15, -0.1) is 0 Å². The van der Waals surface area contributed by atoms with E-state index in [1.807, 2.05) is 36.4 Å². The molecule has 0 radical (unpaired) electrons. The minimum atomic E-state index is -0.472. The number of carbonyl (C=O) groups excluding carboxylic acids is 1. The van der Waals surface area contributed by atoms with Gasteiger partial charge in [0.05, 0.1) is 11.2 Å². The van der Waals surface area contributed by atoms with Crippen LogP contribution in [0.1, 0.15) is 26.3 Å².